The van der Waals surface area contributed by atoms with Crippen LogP contribution in [0, 0.1) is 5.41 Å². The normalized spacial score (nSPS) is 18.0. The topological polar surface area (TPSA) is 122 Å². The van der Waals surface area contributed by atoms with E-state index in [2.05, 4.69) is 18.5 Å². The number of benzene rings is 1. The monoisotopic (exact) mass is 591 g/mol. The molecule has 1 N–H and O–H groups in total. The van der Waals surface area contributed by atoms with Gasteiger partial charge in [0.15, 0.2) is 0 Å². The lowest BCUT2D eigenvalue weighted by atomic mass is 9.90. The first-order valence-corrected chi connectivity index (χ1v) is 14.3. The molecule has 0 spiro atoms. The molecule has 0 radical (unpaired) electrons. The van der Waals surface area contributed by atoms with Gasteiger partial charge in [-0.05, 0) is 56.9 Å². The lowest BCUT2D eigenvalue weighted by Gasteiger charge is -2.29. The number of nitrogens with zero attached hydrogens (tertiary/aromatic N) is 2. The highest BCUT2D eigenvalue weighted by atomic mass is 16.7. The molecule has 2 heterocycles. The molecule has 1 fully saturated rings. The Morgan fingerprint density at radius 2 is 1.67 bits per heavy atom. The van der Waals surface area contributed by atoms with Gasteiger partial charge >= 0.3 is 5.97 Å². The van der Waals surface area contributed by atoms with Crippen LogP contribution in [0.2, 0.25) is 0 Å². The minimum absolute atomic E-state index is 0.0214. The van der Waals surface area contributed by atoms with Crippen molar-refractivity contribution < 1.29 is 33.5 Å². The summed E-state index contributed by atoms with van der Waals surface area (Å²) in [5.74, 6) is -2.24. The molecule has 0 bridgehead atoms. The van der Waals surface area contributed by atoms with Crippen molar-refractivity contribution >= 4 is 35.7 Å². The predicted molar refractivity (Wildman–Crippen MR) is 161 cm³/mol. The number of allylic oxidation sites excluding steroid dienone is 4. The lowest BCUT2D eigenvalue weighted by molar-refractivity contribution is -0.205. The summed E-state index contributed by atoms with van der Waals surface area (Å²) in [5.41, 5.74) is 1.54. The quantitative estimate of drug-likeness (QED) is 0.338. The van der Waals surface area contributed by atoms with Gasteiger partial charge in [-0.1, -0.05) is 55.7 Å². The van der Waals surface area contributed by atoms with Gasteiger partial charge in [0, 0.05) is 32.4 Å². The fourth-order valence-corrected chi connectivity index (χ4v) is 4.63. The Hall–Kier alpha value is -4.31. The van der Waals surface area contributed by atoms with E-state index in [0.717, 1.165) is 16.7 Å². The SMILES string of the molecule is C=CC1=C(\C=C)N(C(=O)CCNC(=O)CC(C)(C)OCCC(C)(C)C(=O)ON2C(=O)CCC2=O)Cc2ccccc2/C=C\1. The van der Waals surface area contributed by atoms with Gasteiger partial charge < -0.3 is 19.8 Å². The summed E-state index contributed by atoms with van der Waals surface area (Å²) in [4.78, 5) is 68.8. The number of nitrogens with one attached hydrogen (secondary N) is 1. The number of rotatable bonds is 13. The maximum Gasteiger partial charge on any atom is 0.338 e. The average Bonchev–Trinajstić information content (AvgIpc) is 3.25. The number of hydrogen-bond donors (Lipinski definition) is 1. The molecule has 0 unspecified atom stereocenters. The van der Waals surface area contributed by atoms with Gasteiger partial charge in [0.25, 0.3) is 11.8 Å². The van der Waals surface area contributed by atoms with E-state index < -0.39 is 28.8 Å². The number of fused-ring (bicyclic) bond motifs is 1. The molecule has 0 atom stereocenters. The van der Waals surface area contributed by atoms with Gasteiger partial charge in [-0.2, -0.15) is 0 Å². The molecule has 0 saturated carbocycles. The van der Waals surface area contributed by atoms with Crippen molar-refractivity contribution in [1.82, 2.24) is 15.3 Å². The Morgan fingerprint density at radius 1 is 1.00 bits per heavy atom. The molecule has 1 saturated heterocycles. The van der Waals surface area contributed by atoms with Crippen LogP contribution in [0.4, 0.5) is 0 Å². The highest BCUT2D eigenvalue weighted by Crippen LogP contribution is 2.27. The summed E-state index contributed by atoms with van der Waals surface area (Å²) in [7, 11) is 0. The Balaban J connectivity index is 1.49. The minimum Gasteiger partial charge on any atom is -0.375 e. The van der Waals surface area contributed by atoms with Crippen LogP contribution in [0.1, 0.15) is 70.9 Å². The molecule has 230 valence electrons. The van der Waals surface area contributed by atoms with Crippen LogP contribution in [-0.2, 0) is 40.1 Å². The van der Waals surface area contributed by atoms with Crippen molar-refractivity contribution in [3.8, 4) is 0 Å². The number of hydrogen-bond acceptors (Lipinski definition) is 7. The molecule has 3 rings (SSSR count). The second-order valence-electron chi connectivity index (χ2n) is 11.7. The molecule has 2 aliphatic rings. The maximum absolute atomic E-state index is 13.3. The van der Waals surface area contributed by atoms with Crippen molar-refractivity contribution in [3.63, 3.8) is 0 Å². The van der Waals surface area contributed by atoms with Crippen LogP contribution in [0.5, 0.6) is 0 Å². The number of carbonyl (C=O) groups is 5. The fraction of sp³-hybridized carbons (Fsp3) is 0.424. The zero-order chi connectivity index (χ0) is 31.8. The third-order valence-corrected chi connectivity index (χ3v) is 7.33. The highest BCUT2D eigenvalue weighted by molar-refractivity contribution is 6.01. The van der Waals surface area contributed by atoms with E-state index in [1.165, 1.54) is 0 Å². The van der Waals surface area contributed by atoms with Crippen LogP contribution in [0.25, 0.3) is 6.08 Å². The molecular weight excluding hydrogens is 550 g/mol. The first kappa shape index (κ1) is 33.2. The van der Waals surface area contributed by atoms with E-state index in [0.29, 0.717) is 17.3 Å². The van der Waals surface area contributed by atoms with Gasteiger partial charge in [0.2, 0.25) is 11.8 Å². The standard InChI is InChI=1S/C33H41N3O7/c1-7-23-13-14-24-11-9-10-12-25(24)22-35(26(23)8-2)28(38)17-19-34-27(37)21-33(5,6)42-20-18-32(3,4)31(41)43-36-29(39)15-16-30(36)40/h7-14H,1-2,15-22H2,3-6H3,(H,34,37)/b14-13-,26-23-. The molecule has 4 amide bonds. The fourth-order valence-electron chi connectivity index (χ4n) is 4.63. The first-order valence-electron chi connectivity index (χ1n) is 14.3. The average molecular weight is 592 g/mol. The Bertz CT molecular complexity index is 1340. The second-order valence-corrected chi connectivity index (χ2v) is 11.7. The summed E-state index contributed by atoms with van der Waals surface area (Å²) in [6.07, 6.45) is 7.62. The van der Waals surface area contributed by atoms with E-state index >= 15 is 0 Å². The van der Waals surface area contributed by atoms with Gasteiger partial charge in [-0.15, -0.1) is 5.06 Å². The lowest BCUT2D eigenvalue weighted by Crippen LogP contribution is -2.39. The zero-order valence-corrected chi connectivity index (χ0v) is 25.4. The summed E-state index contributed by atoms with van der Waals surface area (Å²) in [6.45, 7) is 15.2. The summed E-state index contributed by atoms with van der Waals surface area (Å²) in [6, 6.07) is 7.84. The van der Waals surface area contributed by atoms with Gasteiger partial charge in [0.05, 0.1) is 29.7 Å². The molecule has 1 aromatic carbocycles. The summed E-state index contributed by atoms with van der Waals surface area (Å²) >= 11 is 0. The predicted octanol–water partition coefficient (Wildman–Crippen LogP) is 4.38. The first-order chi connectivity index (χ1) is 20.3. The van der Waals surface area contributed by atoms with E-state index in [-0.39, 0.29) is 57.1 Å². The zero-order valence-electron chi connectivity index (χ0n) is 25.4. The molecule has 1 aromatic rings. The van der Waals surface area contributed by atoms with Gasteiger partial charge in [-0.25, -0.2) is 4.79 Å². The van der Waals surface area contributed by atoms with Crippen molar-refractivity contribution in [2.75, 3.05) is 13.2 Å². The number of ether oxygens (including phenoxy) is 1. The van der Waals surface area contributed by atoms with Gasteiger partial charge in [0.1, 0.15) is 0 Å². The molecular formula is C33H41N3O7. The van der Waals surface area contributed by atoms with E-state index in [9.17, 15) is 24.0 Å². The van der Waals surface area contributed by atoms with E-state index in [1.54, 1.807) is 44.7 Å². The summed E-state index contributed by atoms with van der Waals surface area (Å²) in [5, 5.41) is 3.33. The molecule has 10 nitrogen and oxygen atoms in total. The van der Waals surface area contributed by atoms with E-state index in [4.69, 9.17) is 9.57 Å². The minimum atomic E-state index is -1.03. The Morgan fingerprint density at radius 3 is 2.33 bits per heavy atom. The highest BCUT2D eigenvalue weighted by Gasteiger charge is 2.38. The second kappa shape index (κ2) is 14.2. The Labute approximate surface area is 253 Å². The van der Waals surface area contributed by atoms with E-state index in [1.807, 2.05) is 36.4 Å². The van der Waals surface area contributed by atoms with Gasteiger partial charge in [-0.3, -0.25) is 19.2 Å². The van der Waals surface area contributed by atoms with Crippen molar-refractivity contribution in [2.24, 2.45) is 5.41 Å². The molecule has 10 heteroatoms. The number of hydroxylamine groups is 2. The molecule has 0 aromatic heterocycles. The maximum atomic E-state index is 13.3. The largest absolute Gasteiger partial charge is 0.375 e. The summed E-state index contributed by atoms with van der Waals surface area (Å²) < 4.78 is 5.91. The van der Waals surface area contributed by atoms with Crippen molar-refractivity contribution in [3.05, 3.63) is 78.0 Å². The number of amides is 4. The molecule has 43 heavy (non-hydrogen) atoms. The van der Waals surface area contributed by atoms with Crippen LogP contribution in [0.3, 0.4) is 0 Å². The van der Waals surface area contributed by atoms with Crippen LogP contribution in [0.15, 0.2) is 66.9 Å². The van der Waals surface area contributed by atoms with Crippen molar-refractivity contribution in [1.29, 1.82) is 0 Å². The Kier molecular flexibility index (Phi) is 11.0. The third-order valence-electron chi connectivity index (χ3n) is 7.33. The third kappa shape index (κ3) is 8.84. The molecule has 2 aliphatic heterocycles. The van der Waals surface area contributed by atoms with Crippen LogP contribution < -0.4 is 5.32 Å². The van der Waals surface area contributed by atoms with Crippen molar-refractivity contribution in [2.45, 2.75) is 71.9 Å². The number of imide groups is 1. The van der Waals surface area contributed by atoms with Crippen LogP contribution >= 0.6 is 0 Å². The number of carbonyl (C=O) groups excluding carboxylic acids is 5. The van der Waals surface area contributed by atoms with Crippen LogP contribution in [-0.4, -0.2) is 58.3 Å². The molecule has 0 aliphatic carbocycles. The smallest absolute Gasteiger partial charge is 0.338 e.